The highest BCUT2D eigenvalue weighted by Gasteiger charge is 2.27. The summed E-state index contributed by atoms with van der Waals surface area (Å²) in [5.41, 5.74) is 4.06. The predicted octanol–water partition coefficient (Wildman–Crippen LogP) is 0.517. The maximum Gasteiger partial charge on any atom is 0.296 e. The van der Waals surface area contributed by atoms with E-state index in [1.807, 2.05) is 0 Å². The van der Waals surface area contributed by atoms with Crippen LogP contribution < -0.4 is 5.73 Å². The summed E-state index contributed by atoms with van der Waals surface area (Å²) in [5, 5.41) is 0. The summed E-state index contributed by atoms with van der Waals surface area (Å²) in [5.74, 6) is -2.05. The summed E-state index contributed by atoms with van der Waals surface area (Å²) >= 11 is 0. The third kappa shape index (κ3) is 3.52. The molecule has 0 aliphatic heterocycles. The molecule has 0 spiro atoms. The van der Waals surface area contributed by atoms with Crippen molar-refractivity contribution in [3.05, 3.63) is 0 Å². The standard InChI is InChI=1S/C7H11F2NO2/c1-7(2,10)5(12)3-4(11)6(8)9/h6H,3,10H2,1-2H3. The molecular weight excluding hydrogens is 168 g/mol. The lowest BCUT2D eigenvalue weighted by Crippen LogP contribution is -2.42. The molecular formula is C7H11F2NO2. The van der Waals surface area contributed by atoms with Gasteiger partial charge in [0.25, 0.3) is 6.43 Å². The zero-order valence-corrected chi connectivity index (χ0v) is 6.93. The Balaban J connectivity index is 4.12. The van der Waals surface area contributed by atoms with Gasteiger partial charge < -0.3 is 5.73 Å². The highest BCUT2D eigenvalue weighted by molar-refractivity contribution is 6.04. The zero-order valence-electron chi connectivity index (χ0n) is 6.93. The number of halogens is 2. The molecule has 3 nitrogen and oxygen atoms in total. The van der Waals surface area contributed by atoms with Gasteiger partial charge in [-0.1, -0.05) is 0 Å². The summed E-state index contributed by atoms with van der Waals surface area (Å²) in [6.07, 6.45) is -3.88. The monoisotopic (exact) mass is 179 g/mol. The van der Waals surface area contributed by atoms with Crippen molar-refractivity contribution in [3.63, 3.8) is 0 Å². The first kappa shape index (κ1) is 11.2. The van der Waals surface area contributed by atoms with Crippen molar-refractivity contribution >= 4 is 11.6 Å². The number of hydrogen-bond donors (Lipinski definition) is 1. The van der Waals surface area contributed by atoms with E-state index >= 15 is 0 Å². The molecule has 0 aliphatic rings. The number of Topliss-reactive ketones (excluding diaryl/α,β-unsaturated/α-hetero) is 2. The van der Waals surface area contributed by atoms with Crippen molar-refractivity contribution in [1.29, 1.82) is 0 Å². The molecule has 0 aromatic rings. The Bertz CT molecular complexity index is 196. The van der Waals surface area contributed by atoms with Crippen LogP contribution >= 0.6 is 0 Å². The largest absolute Gasteiger partial charge is 0.319 e. The molecule has 0 saturated heterocycles. The lowest BCUT2D eigenvalue weighted by molar-refractivity contribution is -0.135. The van der Waals surface area contributed by atoms with E-state index in [-0.39, 0.29) is 0 Å². The molecule has 70 valence electrons. The van der Waals surface area contributed by atoms with Crippen LogP contribution in [-0.4, -0.2) is 23.5 Å². The highest BCUT2D eigenvalue weighted by atomic mass is 19.3. The normalized spacial score (nSPS) is 11.8. The predicted molar refractivity (Wildman–Crippen MR) is 38.9 cm³/mol. The first-order valence-corrected chi connectivity index (χ1v) is 3.38. The van der Waals surface area contributed by atoms with E-state index in [1.54, 1.807) is 0 Å². The molecule has 0 rings (SSSR count). The number of ketones is 2. The minimum absolute atomic E-state index is 0.673. The molecule has 5 heteroatoms. The fourth-order valence-corrected chi connectivity index (χ4v) is 0.463. The van der Waals surface area contributed by atoms with Gasteiger partial charge in [0.2, 0.25) is 5.78 Å². The fourth-order valence-electron chi connectivity index (χ4n) is 0.463. The van der Waals surface area contributed by atoms with E-state index in [2.05, 4.69) is 0 Å². The SMILES string of the molecule is CC(C)(N)C(=O)CC(=O)C(F)F. The van der Waals surface area contributed by atoms with Gasteiger partial charge in [0.1, 0.15) is 0 Å². The number of rotatable bonds is 4. The number of nitrogens with two attached hydrogens (primary N) is 1. The second kappa shape index (κ2) is 3.71. The van der Waals surface area contributed by atoms with Gasteiger partial charge in [-0.15, -0.1) is 0 Å². The number of carbonyl (C=O) groups excluding carboxylic acids is 2. The van der Waals surface area contributed by atoms with E-state index in [4.69, 9.17) is 5.73 Å². The van der Waals surface area contributed by atoms with Crippen LogP contribution in [0.2, 0.25) is 0 Å². The van der Waals surface area contributed by atoms with Crippen LogP contribution in [0.1, 0.15) is 20.3 Å². The van der Waals surface area contributed by atoms with E-state index in [0.717, 1.165) is 0 Å². The van der Waals surface area contributed by atoms with Crippen LogP contribution in [0, 0.1) is 0 Å². The van der Waals surface area contributed by atoms with E-state index in [1.165, 1.54) is 13.8 Å². The van der Waals surface area contributed by atoms with Crippen LogP contribution in [0.5, 0.6) is 0 Å². The first-order valence-electron chi connectivity index (χ1n) is 3.38. The van der Waals surface area contributed by atoms with Gasteiger partial charge in [-0.2, -0.15) is 0 Å². The molecule has 0 aromatic heterocycles. The molecule has 0 saturated carbocycles. The Morgan fingerprint density at radius 1 is 1.42 bits per heavy atom. The lowest BCUT2D eigenvalue weighted by atomic mass is 9.97. The quantitative estimate of drug-likeness (QED) is 0.640. The van der Waals surface area contributed by atoms with Crippen molar-refractivity contribution in [1.82, 2.24) is 0 Å². The second-order valence-electron chi connectivity index (χ2n) is 3.09. The van der Waals surface area contributed by atoms with Gasteiger partial charge in [-0.05, 0) is 13.8 Å². The molecule has 0 radical (unpaired) electrons. The zero-order chi connectivity index (χ0) is 9.94. The molecule has 0 aromatic carbocycles. The van der Waals surface area contributed by atoms with E-state index in [0.29, 0.717) is 0 Å². The summed E-state index contributed by atoms with van der Waals surface area (Å²) in [6, 6.07) is 0. The summed E-state index contributed by atoms with van der Waals surface area (Å²) in [4.78, 5) is 21.3. The lowest BCUT2D eigenvalue weighted by Gasteiger charge is -2.15. The summed E-state index contributed by atoms with van der Waals surface area (Å²) in [7, 11) is 0. The maximum absolute atomic E-state index is 11.6. The molecule has 0 aliphatic carbocycles. The number of hydrogen-bond acceptors (Lipinski definition) is 3. The summed E-state index contributed by atoms with van der Waals surface area (Å²) in [6.45, 7) is 2.74. The smallest absolute Gasteiger partial charge is 0.296 e. The van der Waals surface area contributed by atoms with Crippen molar-refractivity contribution in [2.75, 3.05) is 0 Å². The van der Waals surface area contributed by atoms with Gasteiger partial charge in [-0.25, -0.2) is 8.78 Å². The summed E-state index contributed by atoms with van der Waals surface area (Å²) < 4.78 is 23.3. The fraction of sp³-hybridized carbons (Fsp3) is 0.714. The molecule has 12 heavy (non-hydrogen) atoms. The van der Waals surface area contributed by atoms with Crippen LogP contribution in [0.25, 0.3) is 0 Å². The van der Waals surface area contributed by atoms with Crippen LogP contribution in [0.15, 0.2) is 0 Å². The maximum atomic E-state index is 11.6. The average Bonchev–Trinajstić information content (AvgIpc) is 1.85. The Morgan fingerprint density at radius 3 is 2.08 bits per heavy atom. The molecule has 2 N–H and O–H groups in total. The Kier molecular flexibility index (Phi) is 3.45. The average molecular weight is 179 g/mol. The van der Waals surface area contributed by atoms with Gasteiger partial charge in [0, 0.05) is 0 Å². The molecule has 0 fully saturated rings. The van der Waals surface area contributed by atoms with Crippen LogP contribution in [0.3, 0.4) is 0 Å². The Hall–Kier alpha value is -0.840. The third-order valence-corrected chi connectivity index (χ3v) is 1.30. The Labute approximate surface area is 68.9 Å². The second-order valence-corrected chi connectivity index (χ2v) is 3.09. The van der Waals surface area contributed by atoms with Crippen molar-refractivity contribution < 1.29 is 18.4 Å². The topological polar surface area (TPSA) is 60.2 Å². The molecule has 0 amide bonds. The number of carbonyl (C=O) groups is 2. The van der Waals surface area contributed by atoms with Crippen LogP contribution in [-0.2, 0) is 9.59 Å². The van der Waals surface area contributed by atoms with Gasteiger partial charge >= 0.3 is 0 Å². The first-order chi connectivity index (χ1) is 5.25. The molecule has 0 bridgehead atoms. The van der Waals surface area contributed by atoms with Crippen molar-refractivity contribution in [2.45, 2.75) is 32.2 Å². The van der Waals surface area contributed by atoms with E-state index < -0.39 is 30.0 Å². The van der Waals surface area contributed by atoms with Gasteiger partial charge in [0.05, 0.1) is 12.0 Å². The third-order valence-electron chi connectivity index (χ3n) is 1.30. The minimum Gasteiger partial charge on any atom is -0.319 e. The van der Waals surface area contributed by atoms with Crippen LogP contribution in [0.4, 0.5) is 8.78 Å². The van der Waals surface area contributed by atoms with E-state index in [9.17, 15) is 18.4 Å². The Morgan fingerprint density at radius 2 is 1.83 bits per heavy atom. The van der Waals surface area contributed by atoms with Crippen molar-refractivity contribution in [3.8, 4) is 0 Å². The molecule has 0 atom stereocenters. The van der Waals surface area contributed by atoms with Gasteiger partial charge in [0.15, 0.2) is 5.78 Å². The number of alkyl halides is 2. The van der Waals surface area contributed by atoms with Crippen molar-refractivity contribution in [2.24, 2.45) is 5.73 Å². The minimum atomic E-state index is -3.09. The molecule has 0 heterocycles. The highest BCUT2D eigenvalue weighted by Crippen LogP contribution is 2.06. The molecule has 0 unspecified atom stereocenters. The van der Waals surface area contributed by atoms with Gasteiger partial charge in [-0.3, -0.25) is 9.59 Å².